The molecule has 0 bridgehead atoms. The number of para-hydroxylation sites is 1. The van der Waals surface area contributed by atoms with Crippen molar-refractivity contribution in [3.05, 3.63) is 72.4 Å². The van der Waals surface area contributed by atoms with Crippen molar-refractivity contribution >= 4 is 11.8 Å². The molecule has 0 spiro atoms. The molecule has 0 aliphatic heterocycles. The van der Waals surface area contributed by atoms with E-state index in [1.165, 1.54) is 0 Å². The van der Waals surface area contributed by atoms with Crippen LogP contribution in [0.1, 0.15) is 18.9 Å². The van der Waals surface area contributed by atoms with Crippen LogP contribution in [-0.2, 0) is 16.1 Å². The van der Waals surface area contributed by atoms with E-state index in [1.54, 1.807) is 0 Å². The van der Waals surface area contributed by atoms with Gasteiger partial charge in [-0.05, 0) is 24.5 Å². The lowest BCUT2D eigenvalue weighted by Crippen LogP contribution is -2.37. The first kappa shape index (κ1) is 18.9. The molecule has 6 heteroatoms. The number of aromatic nitrogens is 2. The summed E-state index contributed by atoms with van der Waals surface area (Å²) in [6, 6.07) is 19.7. The number of amides is 2. The van der Waals surface area contributed by atoms with E-state index in [2.05, 4.69) is 10.6 Å². The molecule has 1 aromatic heterocycles. The smallest absolute Gasteiger partial charge is 0.239 e. The summed E-state index contributed by atoms with van der Waals surface area (Å²) in [5.74, 6) is 0.250. The van der Waals surface area contributed by atoms with E-state index >= 15 is 0 Å². The van der Waals surface area contributed by atoms with Crippen molar-refractivity contribution in [3.63, 3.8) is 0 Å². The Kier molecular flexibility index (Phi) is 5.42. The molecule has 6 nitrogen and oxygen atoms in total. The molecular formula is C23H24N4O2. The van der Waals surface area contributed by atoms with Crippen LogP contribution in [0.5, 0.6) is 0 Å². The summed E-state index contributed by atoms with van der Waals surface area (Å²) in [6.07, 6.45) is 2.84. The number of nitrogens with one attached hydrogen (secondary N) is 2. The highest BCUT2D eigenvalue weighted by Crippen LogP contribution is 2.37. The molecule has 1 aliphatic carbocycles. The van der Waals surface area contributed by atoms with E-state index in [9.17, 15) is 9.59 Å². The Morgan fingerprint density at radius 1 is 1.03 bits per heavy atom. The Hall–Kier alpha value is -3.41. The molecule has 2 aromatic carbocycles. The molecular weight excluding hydrogens is 364 g/mol. The number of hydrogen-bond acceptors (Lipinski definition) is 3. The van der Waals surface area contributed by atoms with Crippen molar-refractivity contribution in [1.82, 2.24) is 20.4 Å². The fourth-order valence-electron chi connectivity index (χ4n) is 3.33. The van der Waals surface area contributed by atoms with Gasteiger partial charge in [0.05, 0.1) is 17.9 Å². The maximum Gasteiger partial charge on any atom is 0.239 e. The minimum absolute atomic E-state index is 0.00442. The molecule has 2 atom stereocenters. The summed E-state index contributed by atoms with van der Waals surface area (Å²) in [4.78, 5) is 24.1. The first-order valence-electron chi connectivity index (χ1n) is 9.85. The fraction of sp³-hybridized carbons (Fsp3) is 0.261. The Labute approximate surface area is 169 Å². The first-order chi connectivity index (χ1) is 14.1. The van der Waals surface area contributed by atoms with Gasteiger partial charge in [0.2, 0.25) is 11.8 Å². The van der Waals surface area contributed by atoms with E-state index in [1.807, 2.05) is 78.5 Å². The molecule has 0 saturated heterocycles. The maximum atomic E-state index is 12.2. The Balaban J connectivity index is 1.46. The van der Waals surface area contributed by atoms with Crippen molar-refractivity contribution in [2.24, 2.45) is 11.8 Å². The van der Waals surface area contributed by atoms with Gasteiger partial charge in [0.25, 0.3) is 0 Å². The maximum absolute atomic E-state index is 12.2. The van der Waals surface area contributed by atoms with Gasteiger partial charge in [-0.2, -0.15) is 5.10 Å². The topological polar surface area (TPSA) is 76.0 Å². The molecule has 148 valence electrons. The van der Waals surface area contributed by atoms with Crippen molar-refractivity contribution in [2.45, 2.75) is 19.9 Å². The molecule has 1 heterocycles. The molecule has 1 fully saturated rings. The minimum atomic E-state index is -0.210. The highest BCUT2D eigenvalue weighted by molar-refractivity contribution is 5.87. The van der Waals surface area contributed by atoms with Crippen LogP contribution in [0, 0.1) is 11.8 Å². The van der Waals surface area contributed by atoms with Gasteiger partial charge in [-0.25, -0.2) is 4.68 Å². The van der Waals surface area contributed by atoms with Crippen LogP contribution in [0.4, 0.5) is 0 Å². The molecule has 4 rings (SSSR count). The van der Waals surface area contributed by atoms with Gasteiger partial charge in [0, 0.05) is 29.8 Å². The second kappa shape index (κ2) is 8.31. The summed E-state index contributed by atoms with van der Waals surface area (Å²) in [7, 11) is 0. The molecule has 3 aromatic rings. The quantitative estimate of drug-likeness (QED) is 0.653. The van der Waals surface area contributed by atoms with Crippen LogP contribution < -0.4 is 10.6 Å². The summed E-state index contributed by atoms with van der Waals surface area (Å²) in [5.41, 5.74) is 3.68. The number of carbonyl (C=O) groups is 2. The lowest BCUT2D eigenvalue weighted by molar-refractivity contribution is -0.127. The molecule has 2 N–H and O–H groups in total. The standard InChI is InChI=1S/C23H24N4O2/c1-16-12-20(16)23(29)25-14-21(28)24-13-18-15-27(19-10-6-3-7-11-19)26-22(18)17-8-4-2-5-9-17/h2-11,15-16,20H,12-14H2,1H3,(H,24,28)(H,25,29)/t16-,20-/m1/s1. The van der Waals surface area contributed by atoms with Crippen LogP contribution in [0.3, 0.4) is 0 Å². The zero-order chi connectivity index (χ0) is 20.2. The average Bonchev–Trinajstić information content (AvgIpc) is 3.34. The van der Waals surface area contributed by atoms with E-state index in [-0.39, 0.29) is 24.3 Å². The normalized spacial score (nSPS) is 17.6. The van der Waals surface area contributed by atoms with Crippen LogP contribution >= 0.6 is 0 Å². The molecule has 0 radical (unpaired) electrons. The van der Waals surface area contributed by atoms with Crippen LogP contribution in [0.25, 0.3) is 16.9 Å². The van der Waals surface area contributed by atoms with Crippen molar-refractivity contribution in [2.75, 3.05) is 6.54 Å². The monoisotopic (exact) mass is 388 g/mol. The summed E-state index contributed by atoms with van der Waals surface area (Å²) < 4.78 is 1.82. The van der Waals surface area contributed by atoms with E-state index in [4.69, 9.17) is 5.10 Å². The van der Waals surface area contributed by atoms with Crippen LogP contribution in [0.15, 0.2) is 66.9 Å². The number of rotatable bonds is 7. The predicted molar refractivity (Wildman–Crippen MR) is 111 cm³/mol. The van der Waals surface area contributed by atoms with Crippen LogP contribution in [-0.4, -0.2) is 28.1 Å². The van der Waals surface area contributed by atoms with Gasteiger partial charge < -0.3 is 10.6 Å². The molecule has 29 heavy (non-hydrogen) atoms. The van der Waals surface area contributed by atoms with Gasteiger partial charge in [-0.15, -0.1) is 0 Å². The molecule has 2 amide bonds. The van der Waals surface area contributed by atoms with Crippen molar-refractivity contribution in [3.8, 4) is 16.9 Å². The largest absolute Gasteiger partial charge is 0.350 e. The number of nitrogens with zero attached hydrogens (tertiary/aromatic N) is 2. The lowest BCUT2D eigenvalue weighted by Gasteiger charge is -2.07. The second-order valence-corrected chi connectivity index (χ2v) is 7.46. The molecule has 1 aliphatic rings. The zero-order valence-electron chi connectivity index (χ0n) is 16.3. The van der Waals surface area contributed by atoms with Gasteiger partial charge in [0.1, 0.15) is 0 Å². The number of hydrogen-bond donors (Lipinski definition) is 2. The van der Waals surface area contributed by atoms with Gasteiger partial charge >= 0.3 is 0 Å². The highest BCUT2D eigenvalue weighted by Gasteiger charge is 2.38. The molecule has 1 saturated carbocycles. The summed E-state index contributed by atoms with van der Waals surface area (Å²) in [6.45, 7) is 2.38. The Bertz CT molecular complexity index is 998. The summed E-state index contributed by atoms with van der Waals surface area (Å²) >= 11 is 0. The number of carbonyl (C=O) groups excluding carboxylic acids is 2. The Morgan fingerprint density at radius 2 is 1.69 bits per heavy atom. The number of benzene rings is 2. The van der Waals surface area contributed by atoms with Crippen LogP contribution in [0.2, 0.25) is 0 Å². The summed E-state index contributed by atoms with van der Waals surface area (Å²) in [5, 5.41) is 10.3. The lowest BCUT2D eigenvalue weighted by atomic mass is 10.1. The van der Waals surface area contributed by atoms with Gasteiger partial charge in [-0.1, -0.05) is 55.5 Å². The third kappa shape index (κ3) is 4.54. The zero-order valence-corrected chi connectivity index (χ0v) is 16.3. The highest BCUT2D eigenvalue weighted by atomic mass is 16.2. The SMILES string of the molecule is C[C@@H]1C[C@H]1C(=O)NCC(=O)NCc1cn(-c2ccccc2)nc1-c1ccccc1. The fourth-order valence-corrected chi connectivity index (χ4v) is 3.33. The third-order valence-electron chi connectivity index (χ3n) is 5.20. The first-order valence-corrected chi connectivity index (χ1v) is 9.85. The average molecular weight is 388 g/mol. The van der Waals surface area contributed by atoms with E-state index in [0.717, 1.165) is 28.9 Å². The van der Waals surface area contributed by atoms with Gasteiger partial charge in [-0.3, -0.25) is 9.59 Å². The Morgan fingerprint density at radius 3 is 2.34 bits per heavy atom. The molecule has 0 unspecified atom stereocenters. The van der Waals surface area contributed by atoms with Crippen molar-refractivity contribution < 1.29 is 9.59 Å². The predicted octanol–water partition coefficient (Wildman–Crippen LogP) is 2.93. The van der Waals surface area contributed by atoms with Gasteiger partial charge in [0.15, 0.2) is 0 Å². The van der Waals surface area contributed by atoms with Crippen molar-refractivity contribution in [1.29, 1.82) is 0 Å². The van der Waals surface area contributed by atoms with E-state index in [0.29, 0.717) is 12.5 Å². The van der Waals surface area contributed by atoms with E-state index < -0.39 is 0 Å². The third-order valence-corrected chi connectivity index (χ3v) is 5.20. The minimum Gasteiger partial charge on any atom is -0.350 e. The second-order valence-electron chi connectivity index (χ2n) is 7.46.